The van der Waals surface area contributed by atoms with E-state index in [1.165, 1.54) is 163 Å². The molecule has 0 radical (unpaired) electrons. The summed E-state index contributed by atoms with van der Waals surface area (Å²) in [5.41, 5.74) is 21.5. The lowest BCUT2D eigenvalue weighted by atomic mass is 10.0. The molecule has 0 saturated heterocycles. The molecular weight excluding hydrogens is 1020 g/mol. The quantitative estimate of drug-likeness (QED) is 0.168. The maximum absolute atomic E-state index is 2.58. The zero-order valence-electron chi connectivity index (χ0n) is 45.1. The van der Waals surface area contributed by atoms with E-state index in [-0.39, 0.29) is 0 Å². The second kappa shape index (κ2) is 15.4. The van der Waals surface area contributed by atoms with Crippen LogP contribution >= 0.6 is 0 Å². The summed E-state index contributed by atoms with van der Waals surface area (Å²) in [5, 5.41) is 19.9. The molecule has 0 bridgehead atoms. The van der Waals surface area contributed by atoms with E-state index in [4.69, 9.17) is 0 Å². The summed E-state index contributed by atoms with van der Waals surface area (Å²) in [5.74, 6) is 0. The molecule has 0 aliphatic heterocycles. The summed E-state index contributed by atoms with van der Waals surface area (Å²) >= 11 is 0. The van der Waals surface area contributed by atoms with Gasteiger partial charge in [0.15, 0.2) is 0 Å². The average Bonchev–Trinajstić information content (AvgIpc) is 1.73. The molecule has 0 spiro atoms. The van der Waals surface area contributed by atoms with E-state index in [2.05, 4.69) is 294 Å². The van der Waals surface area contributed by atoms with Gasteiger partial charge in [0.2, 0.25) is 0 Å². The predicted molar refractivity (Wildman–Crippen MR) is 353 cm³/mol. The number of aromatic nitrogens is 6. The third kappa shape index (κ3) is 5.29. The van der Waals surface area contributed by atoms with Gasteiger partial charge in [-0.25, -0.2) is 0 Å². The molecule has 0 amide bonds. The normalized spacial score (nSPS) is 12.8. The Morgan fingerprint density at radius 3 is 0.619 bits per heavy atom. The van der Waals surface area contributed by atoms with Crippen molar-refractivity contribution in [3.05, 3.63) is 267 Å². The van der Waals surface area contributed by atoms with Crippen molar-refractivity contribution in [2.45, 2.75) is 0 Å². The van der Waals surface area contributed by atoms with E-state index >= 15 is 0 Å². The minimum Gasteiger partial charge on any atom is -0.309 e. The van der Waals surface area contributed by atoms with Gasteiger partial charge in [-0.1, -0.05) is 146 Å². The van der Waals surface area contributed by atoms with E-state index in [1.807, 2.05) is 0 Å². The van der Waals surface area contributed by atoms with Crippen molar-refractivity contribution in [2.24, 2.45) is 0 Å². The van der Waals surface area contributed by atoms with Crippen molar-refractivity contribution >= 4 is 163 Å². The Labute approximate surface area is 477 Å². The van der Waals surface area contributed by atoms with E-state index < -0.39 is 0 Å². The van der Waals surface area contributed by atoms with Crippen molar-refractivity contribution in [3.63, 3.8) is 0 Å². The first-order chi connectivity index (χ1) is 41.7. The van der Waals surface area contributed by atoms with Gasteiger partial charge in [-0.15, -0.1) is 0 Å². The Bertz CT molecular complexity index is 5880. The van der Waals surface area contributed by atoms with Crippen LogP contribution in [-0.4, -0.2) is 27.1 Å². The van der Waals surface area contributed by atoms with Gasteiger partial charge >= 0.3 is 0 Å². The van der Waals surface area contributed by atoms with Crippen LogP contribution in [0.15, 0.2) is 267 Å². The van der Waals surface area contributed by atoms with Crippen LogP contribution in [-0.2, 0) is 0 Å². The molecule has 8 aromatic heterocycles. The zero-order chi connectivity index (χ0) is 54.2. The van der Waals surface area contributed by atoms with Crippen LogP contribution in [0, 0.1) is 0 Å². The van der Waals surface area contributed by atoms with Crippen molar-refractivity contribution in [3.8, 4) is 22.7 Å². The SMILES string of the molecule is c1ccc2c(c1)c1ccccc1n2-c1ccc2c(c1)c1cc(-n3c4ccccc4c4ccccc43)cc3c4cc5c(cc4n2c13)c1cc(-n2c3ccccc3c3ccccc32)cc2c3cc(-n4c6ccccc6c6ccccc64)ccc3n5c21. The predicted octanol–water partition coefficient (Wildman–Crippen LogP) is 20.4. The lowest BCUT2D eigenvalue weighted by molar-refractivity contribution is 1.18. The second-order valence-corrected chi connectivity index (χ2v) is 23.2. The lowest BCUT2D eigenvalue weighted by Crippen LogP contribution is -1.94. The fraction of sp³-hybridized carbons (Fsp3) is 0. The fourth-order valence-corrected chi connectivity index (χ4v) is 15.9. The van der Waals surface area contributed by atoms with Gasteiger partial charge in [-0.3, -0.25) is 0 Å². The summed E-state index contributed by atoms with van der Waals surface area (Å²) in [6, 6.07) is 100. The van der Waals surface area contributed by atoms with Crippen LogP contribution in [0.2, 0.25) is 0 Å². The van der Waals surface area contributed by atoms with E-state index in [9.17, 15) is 0 Å². The molecule has 0 N–H and O–H groups in total. The Kier molecular flexibility index (Phi) is 7.94. The summed E-state index contributed by atoms with van der Waals surface area (Å²) in [6.07, 6.45) is 0. The van der Waals surface area contributed by atoms with Crippen molar-refractivity contribution in [1.29, 1.82) is 0 Å². The lowest BCUT2D eigenvalue weighted by Gasteiger charge is -2.11. The number of rotatable bonds is 4. The van der Waals surface area contributed by atoms with Crippen LogP contribution < -0.4 is 0 Å². The Balaban J connectivity index is 0.909. The average molecular weight is 1070 g/mol. The second-order valence-electron chi connectivity index (χ2n) is 23.2. The number of para-hydroxylation sites is 8. The number of fused-ring (bicyclic) bond motifs is 24. The monoisotopic (exact) mass is 1060 g/mol. The van der Waals surface area contributed by atoms with Crippen LogP contribution in [0.5, 0.6) is 0 Å². The van der Waals surface area contributed by atoms with Crippen LogP contribution in [0.3, 0.4) is 0 Å². The smallest absolute Gasteiger partial charge is 0.0622 e. The van der Waals surface area contributed by atoms with E-state index in [0.29, 0.717) is 0 Å². The van der Waals surface area contributed by atoms with Gasteiger partial charge in [0.05, 0.1) is 77.2 Å². The third-order valence-electron chi connectivity index (χ3n) is 19.2. The minimum absolute atomic E-state index is 1.15. The summed E-state index contributed by atoms with van der Waals surface area (Å²) in [4.78, 5) is 0. The molecule has 0 fully saturated rings. The molecule has 6 heteroatoms. The van der Waals surface area contributed by atoms with Gasteiger partial charge in [-0.05, 0) is 121 Å². The van der Waals surface area contributed by atoms with E-state index in [1.54, 1.807) is 0 Å². The number of benzene rings is 13. The minimum atomic E-state index is 1.15. The highest BCUT2D eigenvalue weighted by Crippen LogP contribution is 2.49. The molecule has 0 atom stereocenters. The Hall–Kier alpha value is -11.3. The highest BCUT2D eigenvalue weighted by atomic mass is 15.0. The van der Waals surface area contributed by atoms with Crippen LogP contribution in [0.4, 0.5) is 0 Å². The Morgan fingerprint density at radius 2 is 0.357 bits per heavy atom. The maximum atomic E-state index is 2.58. The molecule has 21 rings (SSSR count). The highest BCUT2D eigenvalue weighted by Gasteiger charge is 2.27. The Morgan fingerprint density at radius 1 is 0.143 bits per heavy atom. The number of hydrogen-bond donors (Lipinski definition) is 0. The molecule has 6 nitrogen and oxygen atoms in total. The van der Waals surface area contributed by atoms with E-state index in [0.717, 1.165) is 22.7 Å². The molecule has 386 valence electrons. The van der Waals surface area contributed by atoms with Gasteiger partial charge in [-0.2, -0.15) is 0 Å². The molecule has 0 unspecified atom stereocenters. The summed E-state index contributed by atoms with van der Waals surface area (Å²) in [7, 11) is 0. The van der Waals surface area contributed by atoms with Crippen molar-refractivity contribution in [1.82, 2.24) is 27.1 Å². The topological polar surface area (TPSA) is 28.5 Å². The number of hydrogen-bond acceptors (Lipinski definition) is 0. The maximum Gasteiger partial charge on any atom is 0.0622 e. The molecule has 0 aliphatic carbocycles. The first-order valence-corrected chi connectivity index (χ1v) is 29.1. The van der Waals surface area contributed by atoms with Crippen molar-refractivity contribution < 1.29 is 0 Å². The molecule has 8 heterocycles. The van der Waals surface area contributed by atoms with Gasteiger partial charge in [0.1, 0.15) is 0 Å². The van der Waals surface area contributed by atoms with Crippen LogP contribution in [0.1, 0.15) is 0 Å². The first-order valence-electron chi connectivity index (χ1n) is 29.1. The molecule has 13 aromatic carbocycles. The molecule has 21 aromatic rings. The van der Waals surface area contributed by atoms with Crippen molar-refractivity contribution in [2.75, 3.05) is 0 Å². The van der Waals surface area contributed by atoms with Crippen LogP contribution in [0.25, 0.3) is 186 Å². The first kappa shape index (κ1) is 43.5. The largest absolute Gasteiger partial charge is 0.309 e. The molecule has 0 saturated carbocycles. The highest BCUT2D eigenvalue weighted by molar-refractivity contribution is 6.30. The third-order valence-corrected chi connectivity index (χ3v) is 19.2. The standard InChI is InChI=1S/C78H44N6/c1-9-25-65-49(17-1)50-18-2-10-26-66(50)79(65)45-33-35-73-57(37-45)61-39-47(81-69-29-13-5-21-53(69)54-22-6-14-30-70(54)81)41-63-59-44-76-60(43-75(59)83(73)77(61)63)64-42-48(82-71-31-15-7-23-55(71)56-24-8-16-32-72(56)82)40-62-58-38-46(34-36-74(58)84(76)78(62)64)80-67-27-11-3-19-51(67)52-20-4-12-28-68(52)80/h1-44H. The summed E-state index contributed by atoms with van der Waals surface area (Å²) in [6.45, 7) is 0. The molecular formula is C78H44N6. The van der Waals surface area contributed by atoms with Gasteiger partial charge in [0, 0.05) is 109 Å². The molecule has 0 aliphatic rings. The fourth-order valence-electron chi connectivity index (χ4n) is 15.9. The van der Waals surface area contributed by atoms with Gasteiger partial charge in [0.25, 0.3) is 0 Å². The zero-order valence-corrected chi connectivity index (χ0v) is 45.1. The van der Waals surface area contributed by atoms with Gasteiger partial charge < -0.3 is 27.1 Å². The number of nitrogens with zero attached hydrogens (tertiary/aromatic N) is 6. The summed E-state index contributed by atoms with van der Waals surface area (Å²) < 4.78 is 15.1. The molecule has 84 heavy (non-hydrogen) atoms.